The monoisotopic (exact) mass is 462 g/mol. The standard InChI is InChI=1S/C20H38N4.HI/c1-16(2)15-24-12-9-19(10-13-24)23-20(21-4)22-11-8-18-7-5-6-17(3)14-18;/h17-19H,1,5-15H2,2-4H3,(H2,21,22,23);1H. The highest BCUT2D eigenvalue weighted by atomic mass is 127. The van der Waals surface area contributed by atoms with Gasteiger partial charge in [-0.25, -0.2) is 0 Å². The van der Waals surface area contributed by atoms with Gasteiger partial charge in [-0.2, -0.15) is 0 Å². The molecule has 1 saturated carbocycles. The largest absolute Gasteiger partial charge is 0.356 e. The van der Waals surface area contributed by atoms with Crippen LogP contribution in [0.4, 0.5) is 0 Å². The third-order valence-corrected chi connectivity index (χ3v) is 5.54. The SMILES string of the molecule is C=C(C)CN1CCC(NC(=NC)NCCC2CCCC(C)C2)CC1.I. The normalized spacial score (nSPS) is 26.0. The number of rotatable bonds is 6. The summed E-state index contributed by atoms with van der Waals surface area (Å²) in [4.78, 5) is 6.91. The van der Waals surface area contributed by atoms with E-state index in [2.05, 4.69) is 41.0 Å². The lowest BCUT2D eigenvalue weighted by molar-refractivity contribution is 0.221. The topological polar surface area (TPSA) is 39.7 Å². The van der Waals surface area contributed by atoms with Crippen LogP contribution >= 0.6 is 24.0 Å². The second kappa shape index (κ2) is 12.2. The fourth-order valence-corrected chi connectivity index (χ4v) is 4.22. The van der Waals surface area contributed by atoms with Crippen LogP contribution in [0.3, 0.4) is 0 Å². The van der Waals surface area contributed by atoms with Crippen molar-refractivity contribution in [3.8, 4) is 0 Å². The number of guanidine groups is 1. The Morgan fingerprint density at radius 2 is 1.92 bits per heavy atom. The molecule has 0 bridgehead atoms. The van der Waals surface area contributed by atoms with Gasteiger partial charge < -0.3 is 10.6 Å². The van der Waals surface area contributed by atoms with Crippen molar-refractivity contribution in [1.29, 1.82) is 0 Å². The smallest absolute Gasteiger partial charge is 0.191 e. The summed E-state index contributed by atoms with van der Waals surface area (Å²) < 4.78 is 0. The molecule has 0 aromatic carbocycles. The van der Waals surface area contributed by atoms with Gasteiger partial charge in [0.1, 0.15) is 0 Å². The van der Waals surface area contributed by atoms with Gasteiger partial charge in [0, 0.05) is 39.3 Å². The van der Waals surface area contributed by atoms with Crippen LogP contribution in [0.5, 0.6) is 0 Å². The summed E-state index contributed by atoms with van der Waals surface area (Å²) in [5.74, 6) is 2.81. The molecule has 146 valence electrons. The first-order valence-corrected chi connectivity index (χ1v) is 9.90. The Morgan fingerprint density at radius 1 is 1.20 bits per heavy atom. The molecule has 0 spiro atoms. The minimum absolute atomic E-state index is 0. The van der Waals surface area contributed by atoms with E-state index in [0.29, 0.717) is 6.04 Å². The number of piperidine rings is 1. The number of halogens is 1. The number of nitrogens with zero attached hydrogens (tertiary/aromatic N) is 2. The molecule has 1 aliphatic carbocycles. The van der Waals surface area contributed by atoms with Crippen molar-refractivity contribution in [3.05, 3.63) is 12.2 Å². The Bertz CT molecular complexity index is 416. The van der Waals surface area contributed by atoms with Crippen LogP contribution in [0.1, 0.15) is 58.8 Å². The van der Waals surface area contributed by atoms with Crippen LogP contribution in [0, 0.1) is 11.8 Å². The van der Waals surface area contributed by atoms with E-state index in [1.165, 1.54) is 50.5 Å². The number of aliphatic imine (C=N–C) groups is 1. The lowest BCUT2D eigenvalue weighted by Crippen LogP contribution is -2.49. The highest BCUT2D eigenvalue weighted by Crippen LogP contribution is 2.30. The third kappa shape index (κ3) is 8.76. The Kier molecular flexibility index (Phi) is 11.1. The van der Waals surface area contributed by atoms with E-state index in [9.17, 15) is 0 Å². The maximum atomic E-state index is 4.41. The fourth-order valence-electron chi connectivity index (χ4n) is 4.22. The third-order valence-electron chi connectivity index (χ3n) is 5.54. The fraction of sp³-hybridized carbons (Fsp3) is 0.850. The van der Waals surface area contributed by atoms with E-state index in [-0.39, 0.29) is 24.0 Å². The van der Waals surface area contributed by atoms with Gasteiger partial charge in [-0.05, 0) is 44.4 Å². The first-order valence-electron chi connectivity index (χ1n) is 9.90. The highest BCUT2D eigenvalue weighted by Gasteiger charge is 2.21. The molecule has 0 radical (unpaired) electrons. The highest BCUT2D eigenvalue weighted by molar-refractivity contribution is 14.0. The molecule has 0 aromatic rings. The van der Waals surface area contributed by atoms with E-state index in [1.807, 2.05) is 7.05 Å². The molecular formula is C20H39IN4. The molecular weight excluding hydrogens is 423 g/mol. The van der Waals surface area contributed by atoms with Crippen molar-refractivity contribution in [1.82, 2.24) is 15.5 Å². The van der Waals surface area contributed by atoms with E-state index < -0.39 is 0 Å². The van der Waals surface area contributed by atoms with Crippen LogP contribution in [-0.4, -0.2) is 50.1 Å². The summed E-state index contributed by atoms with van der Waals surface area (Å²) in [6.45, 7) is 12.9. The molecule has 2 unspecified atom stereocenters. The lowest BCUT2D eigenvalue weighted by atomic mass is 9.81. The average molecular weight is 462 g/mol. The summed E-state index contributed by atoms with van der Waals surface area (Å²) >= 11 is 0. The summed E-state index contributed by atoms with van der Waals surface area (Å²) in [5, 5.41) is 7.15. The Hall–Kier alpha value is -0.300. The van der Waals surface area contributed by atoms with Crippen molar-refractivity contribution in [2.45, 2.75) is 64.8 Å². The zero-order chi connectivity index (χ0) is 17.4. The molecule has 2 fully saturated rings. The molecule has 1 saturated heterocycles. The van der Waals surface area contributed by atoms with Crippen molar-refractivity contribution in [2.75, 3.05) is 33.2 Å². The van der Waals surface area contributed by atoms with Gasteiger partial charge >= 0.3 is 0 Å². The van der Waals surface area contributed by atoms with Gasteiger partial charge in [0.15, 0.2) is 5.96 Å². The van der Waals surface area contributed by atoms with E-state index in [0.717, 1.165) is 44.0 Å². The molecule has 2 N–H and O–H groups in total. The van der Waals surface area contributed by atoms with E-state index >= 15 is 0 Å². The van der Waals surface area contributed by atoms with Gasteiger partial charge in [0.05, 0.1) is 0 Å². The Balaban J connectivity index is 0.00000312. The molecule has 0 amide bonds. The average Bonchev–Trinajstić information content (AvgIpc) is 2.55. The summed E-state index contributed by atoms with van der Waals surface area (Å²) in [6, 6.07) is 0.548. The Labute approximate surface area is 172 Å². The minimum Gasteiger partial charge on any atom is -0.356 e. The second-order valence-corrected chi connectivity index (χ2v) is 8.08. The van der Waals surface area contributed by atoms with Crippen LogP contribution in [0.2, 0.25) is 0 Å². The van der Waals surface area contributed by atoms with Crippen LogP contribution < -0.4 is 10.6 Å². The second-order valence-electron chi connectivity index (χ2n) is 8.08. The molecule has 5 heteroatoms. The molecule has 0 aromatic heterocycles. The van der Waals surface area contributed by atoms with E-state index in [1.54, 1.807) is 0 Å². The molecule has 2 aliphatic rings. The minimum atomic E-state index is 0. The quantitative estimate of drug-likeness (QED) is 0.271. The predicted molar refractivity (Wildman–Crippen MR) is 120 cm³/mol. The lowest BCUT2D eigenvalue weighted by Gasteiger charge is -2.33. The van der Waals surface area contributed by atoms with Crippen molar-refractivity contribution >= 4 is 29.9 Å². The first kappa shape index (κ1) is 22.7. The Morgan fingerprint density at radius 3 is 2.52 bits per heavy atom. The van der Waals surface area contributed by atoms with Gasteiger partial charge in [-0.3, -0.25) is 9.89 Å². The number of nitrogens with one attached hydrogen (secondary N) is 2. The first-order chi connectivity index (χ1) is 11.6. The van der Waals surface area contributed by atoms with Gasteiger partial charge in [-0.15, -0.1) is 24.0 Å². The van der Waals surface area contributed by atoms with Crippen LogP contribution in [-0.2, 0) is 0 Å². The summed E-state index contributed by atoms with van der Waals surface area (Å²) in [5.41, 5.74) is 1.26. The van der Waals surface area contributed by atoms with Crippen LogP contribution in [0.25, 0.3) is 0 Å². The van der Waals surface area contributed by atoms with Gasteiger partial charge in [0.2, 0.25) is 0 Å². The van der Waals surface area contributed by atoms with Crippen molar-refractivity contribution in [2.24, 2.45) is 16.8 Å². The predicted octanol–water partition coefficient (Wildman–Crippen LogP) is 4.03. The zero-order valence-electron chi connectivity index (χ0n) is 16.5. The summed E-state index contributed by atoms with van der Waals surface area (Å²) in [6.07, 6.45) is 9.33. The van der Waals surface area contributed by atoms with Crippen LogP contribution in [0.15, 0.2) is 17.1 Å². The number of likely N-dealkylation sites (tertiary alicyclic amines) is 1. The molecule has 1 aliphatic heterocycles. The van der Waals surface area contributed by atoms with Crippen molar-refractivity contribution < 1.29 is 0 Å². The summed E-state index contributed by atoms with van der Waals surface area (Å²) in [7, 11) is 1.88. The van der Waals surface area contributed by atoms with Gasteiger partial charge in [-0.1, -0.05) is 38.3 Å². The zero-order valence-corrected chi connectivity index (χ0v) is 18.9. The van der Waals surface area contributed by atoms with Crippen molar-refractivity contribution in [3.63, 3.8) is 0 Å². The van der Waals surface area contributed by atoms with Gasteiger partial charge in [0.25, 0.3) is 0 Å². The maximum absolute atomic E-state index is 4.41. The molecule has 2 atom stereocenters. The maximum Gasteiger partial charge on any atom is 0.191 e. The molecule has 2 rings (SSSR count). The number of hydrogen-bond donors (Lipinski definition) is 2. The molecule has 1 heterocycles. The number of hydrogen-bond acceptors (Lipinski definition) is 2. The molecule has 4 nitrogen and oxygen atoms in total. The van der Waals surface area contributed by atoms with E-state index in [4.69, 9.17) is 0 Å². The molecule has 25 heavy (non-hydrogen) atoms.